The average Bonchev–Trinajstić information content (AvgIpc) is 2.29. The van der Waals surface area contributed by atoms with Gasteiger partial charge in [-0.05, 0) is 6.08 Å². The van der Waals surface area contributed by atoms with Crippen LogP contribution in [-0.2, 0) is 4.79 Å². The molecule has 2 heterocycles. The van der Waals surface area contributed by atoms with E-state index in [1.54, 1.807) is 0 Å². The number of fused-ring (bicyclic) bond motifs is 1. The highest BCUT2D eigenvalue weighted by atomic mass is 35.5. The number of rotatable bonds is 0. The molecule has 0 saturated carbocycles. The van der Waals surface area contributed by atoms with E-state index in [4.69, 9.17) is 11.6 Å². The molecule has 0 radical (unpaired) electrons. The van der Waals surface area contributed by atoms with Crippen molar-refractivity contribution in [2.75, 3.05) is 0 Å². The van der Waals surface area contributed by atoms with Crippen LogP contribution in [0.1, 0.15) is 0 Å². The largest absolute Gasteiger partial charge is 0.349 e. The first-order valence-electron chi connectivity index (χ1n) is 3.07. The Balaban J connectivity index is 2.53. The molecule has 2 rings (SSSR count). The summed E-state index contributed by atoms with van der Waals surface area (Å²) in [4.78, 5) is 28.8. The Morgan fingerprint density at radius 2 is 2.08 bits per heavy atom. The van der Waals surface area contributed by atoms with E-state index in [0.29, 0.717) is 0 Å². The number of nitrogens with zero attached hydrogens (tertiary/aromatic N) is 2. The zero-order valence-electron chi connectivity index (χ0n) is 5.67. The Morgan fingerprint density at radius 1 is 1.33 bits per heavy atom. The van der Waals surface area contributed by atoms with Gasteiger partial charge >= 0.3 is 6.03 Å². The van der Waals surface area contributed by atoms with Gasteiger partial charge in [-0.1, -0.05) is 11.6 Å². The first-order chi connectivity index (χ1) is 5.66. The van der Waals surface area contributed by atoms with E-state index in [1.807, 2.05) is 5.32 Å². The molecule has 0 aromatic carbocycles. The third kappa shape index (κ3) is 0.947. The van der Waals surface area contributed by atoms with Crippen molar-refractivity contribution in [3.05, 3.63) is 11.6 Å². The molecule has 0 saturated heterocycles. The third-order valence-corrected chi connectivity index (χ3v) is 1.58. The van der Waals surface area contributed by atoms with Crippen LogP contribution in [0, 0.1) is 0 Å². The number of halogens is 1. The van der Waals surface area contributed by atoms with Crippen LogP contribution in [0.5, 0.6) is 0 Å². The van der Waals surface area contributed by atoms with E-state index < -0.39 is 11.9 Å². The molecule has 6 heteroatoms. The number of allylic oxidation sites excluding steroid dienone is 1. The second-order valence-electron chi connectivity index (χ2n) is 2.19. The number of carbonyl (C=O) groups excluding carboxylic acids is 2. The van der Waals surface area contributed by atoms with Crippen molar-refractivity contribution in [1.29, 1.82) is 0 Å². The first kappa shape index (κ1) is 7.17. The Hall–Kier alpha value is -1.49. The molecule has 1 N–H and O–H groups in total. The second-order valence-corrected chi connectivity index (χ2v) is 2.57. The van der Waals surface area contributed by atoms with Crippen LogP contribution in [0.25, 0.3) is 0 Å². The minimum Gasteiger partial charge on any atom is -0.272 e. The predicted molar refractivity (Wildman–Crippen MR) is 42.3 cm³/mol. The van der Waals surface area contributed by atoms with Crippen molar-refractivity contribution in [1.82, 2.24) is 5.32 Å². The number of urea groups is 1. The molecule has 0 bridgehead atoms. The van der Waals surface area contributed by atoms with Gasteiger partial charge in [0.25, 0.3) is 5.91 Å². The fourth-order valence-corrected chi connectivity index (χ4v) is 1.11. The highest BCUT2D eigenvalue weighted by Crippen LogP contribution is 2.14. The number of amides is 3. The van der Waals surface area contributed by atoms with E-state index in [0.717, 1.165) is 0 Å². The van der Waals surface area contributed by atoms with Gasteiger partial charge in [0.1, 0.15) is 5.17 Å². The molecule has 0 spiro atoms. The van der Waals surface area contributed by atoms with Gasteiger partial charge in [-0.15, -0.1) is 0 Å². The van der Waals surface area contributed by atoms with Gasteiger partial charge in [-0.3, -0.25) is 10.1 Å². The standard InChI is InChI=1S/C6H2ClN3O2/c7-3-1-2-4(8-3)9-6(12)10-5(2)11/h1H,(H,10,11,12). The van der Waals surface area contributed by atoms with E-state index in [9.17, 15) is 9.59 Å². The second kappa shape index (κ2) is 2.25. The molecule has 0 unspecified atom stereocenters. The van der Waals surface area contributed by atoms with Crippen LogP contribution in [-0.4, -0.2) is 22.9 Å². The summed E-state index contributed by atoms with van der Waals surface area (Å²) in [5, 5.41) is 2.17. The Morgan fingerprint density at radius 3 is 2.83 bits per heavy atom. The number of amidine groups is 1. The molecule has 0 aromatic rings. The lowest BCUT2D eigenvalue weighted by Gasteiger charge is -2.06. The molecular formula is C6H2ClN3O2. The van der Waals surface area contributed by atoms with E-state index in [2.05, 4.69) is 9.98 Å². The van der Waals surface area contributed by atoms with Crippen LogP contribution in [0.15, 0.2) is 21.6 Å². The summed E-state index contributed by atoms with van der Waals surface area (Å²) >= 11 is 5.50. The maximum Gasteiger partial charge on any atom is 0.349 e. The third-order valence-electron chi connectivity index (χ3n) is 1.39. The summed E-state index contributed by atoms with van der Waals surface area (Å²) in [5.74, 6) is -0.418. The molecule has 2 aliphatic heterocycles. The fourth-order valence-electron chi connectivity index (χ4n) is 0.918. The normalized spacial score (nSPS) is 20.9. The maximum atomic E-state index is 11.0. The lowest BCUT2D eigenvalue weighted by Crippen LogP contribution is -2.35. The van der Waals surface area contributed by atoms with Crippen molar-refractivity contribution >= 4 is 34.5 Å². The highest BCUT2D eigenvalue weighted by molar-refractivity contribution is 6.71. The van der Waals surface area contributed by atoms with Crippen molar-refractivity contribution in [3.8, 4) is 0 Å². The van der Waals surface area contributed by atoms with E-state index >= 15 is 0 Å². The van der Waals surface area contributed by atoms with Crippen LogP contribution in [0.4, 0.5) is 4.79 Å². The number of carbonyl (C=O) groups is 2. The summed E-state index contributed by atoms with van der Waals surface area (Å²) < 4.78 is 0. The van der Waals surface area contributed by atoms with Gasteiger partial charge < -0.3 is 0 Å². The Bertz CT molecular complexity index is 380. The minimum atomic E-state index is -0.706. The molecule has 5 nitrogen and oxygen atoms in total. The molecule has 0 atom stereocenters. The molecule has 0 aliphatic carbocycles. The smallest absolute Gasteiger partial charge is 0.272 e. The van der Waals surface area contributed by atoms with Gasteiger partial charge in [-0.2, -0.15) is 4.99 Å². The van der Waals surface area contributed by atoms with E-state index in [1.165, 1.54) is 6.08 Å². The van der Waals surface area contributed by atoms with E-state index in [-0.39, 0.29) is 16.6 Å². The predicted octanol–water partition coefficient (Wildman–Crippen LogP) is 0.212. The highest BCUT2D eigenvalue weighted by Gasteiger charge is 2.28. The number of aliphatic imine (C=N–C) groups is 2. The van der Waals surface area contributed by atoms with Crippen molar-refractivity contribution in [2.45, 2.75) is 0 Å². The number of imide groups is 1. The molecule has 2 aliphatic rings. The van der Waals surface area contributed by atoms with Gasteiger partial charge in [0.15, 0.2) is 5.84 Å². The molecular weight excluding hydrogens is 182 g/mol. The molecule has 0 fully saturated rings. The van der Waals surface area contributed by atoms with Crippen LogP contribution in [0.3, 0.4) is 0 Å². The number of hydrogen-bond donors (Lipinski definition) is 1. The van der Waals surface area contributed by atoms with Gasteiger partial charge in [0, 0.05) is 0 Å². The molecule has 0 aromatic heterocycles. The van der Waals surface area contributed by atoms with Crippen molar-refractivity contribution < 1.29 is 9.59 Å². The lowest BCUT2D eigenvalue weighted by atomic mass is 10.2. The van der Waals surface area contributed by atoms with Crippen LogP contribution < -0.4 is 5.32 Å². The van der Waals surface area contributed by atoms with Gasteiger partial charge in [-0.25, -0.2) is 9.79 Å². The summed E-state index contributed by atoms with van der Waals surface area (Å²) in [6.45, 7) is 0. The fraction of sp³-hybridized carbons (Fsp3) is 0. The quantitative estimate of drug-likeness (QED) is 0.583. The summed E-state index contributed by atoms with van der Waals surface area (Å²) in [7, 11) is 0. The SMILES string of the molecule is O=C1N=C2N=C(Cl)C=C2C(=O)N1. The zero-order valence-corrected chi connectivity index (χ0v) is 6.42. The average molecular weight is 184 g/mol. The maximum absolute atomic E-state index is 11.0. The van der Waals surface area contributed by atoms with Crippen LogP contribution >= 0.6 is 11.6 Å². The zero-order chi connectivity index (χ0) is 8.72. The number of hydrogen-bond acceptors (Lipinski definition) is 3. The van der Waals surface area contributed by atoms with Crippen LogP contribution in [0.2, 0.25) is 0 Å². The topological polar surface area (TPSA) is 70.9 Å². The molecule has 60 valence electrons. The summed E-state index contributed by atoms with van der Waals surface area (Å²) in [5.41, 5.74) is 0.236. The molecule has 12 heavy (non-hydrogen) atoms. The van der Waals surface area contributed by atoms with Crippen molar-refractivity contribution in [3.63, 3.8) is 0 Å². The first-order valence-corrected chi connectivity index (χ1v) is 3.45. The lowest BCUT2D eigenvalue weighted by molar-refractivity contribution is -0.116. The Labute approximate surface area is 71.8 Å². The summed E-state index contributed by atoms with van der Waals surface area (Å²) in [6, 6.07) is -0.706. The monoisotopic (exact) mass is 183 g/mol. The summed E-state index contributed by atoms with van der Waals surface area (Å²) in [6.07, 6.45) is 1.36. The minimum absolute atomic E-state index is 0.0914. The molecule has 3 amide bonds. The van der Waals surface area contributed by atoms with Gasteiger partial charge in [0.05, 0.1) is 5.57 Å². The number of nitrogens with one attached hydrogen (secondary N) is 1. The van der Waals surface area contributed by atoms with Gasteiger partial charge in [0.2, 0.25) is 0 Å². The Kier molecular flexibility index (Phi) is 1.34. The van der Waals surface area contributed by atoms with Crippen molar-refractivity contribution in [2.24, 2.45) is 9.98 Å².